The van der Waals surface area contributed by atoms with E-state index >= 15 is 0 Å². The van der Waals surface area contributed by atoms with E-state index in [-0.39, 0.29) is 5.97 Å². The van der Waals surface area contributed by atoms with Gasteiger partial charge in [0.05, 0.1) is 12.7 Å². The van der Waals surface area contributed by atoms with E-state index in [0.29, 0.717) is 11.5 Å². The highest BCUT2D eigenvalue weighted by Gasteiger charge is 2.18. The molecule has 0 radical (unpaired) electrons. The lowest BCUT2D eigenvalue weighted by atomic mass is 9.89. The summed E-state index contributed by atoms with van der Waals surface area (Å²) in [7, 11) is 1.42. The van der Waals surface area contributed by atoms with Crippen molar-refractivity contribution < 1.29 is 14.3 Å². The van der Waals surface area contributed by atoms with E-state index in [1.54, 1.807) is 0 Å². The fraction of sp³-hybridized carbons (Fsp3) is 0.533. The molecule has 0 aromatic heterocycles. The van der Waals surface area contributed by atoms with Crippen LogP contribution in [-0.4, -0.2) is 26.3 Å². The van der Waals surface area contributed by atoms with Crippen molar-refractivity contribution in [3.05, 3.63) is 33.3 Å². The minimum absolute atomic E-state index is 0.271. The molecule has 0 spiro atoms. The first kappa shape index (κ1) is 14.5. The van der Waals surface area contributed by atoms with E-state index in [0.717, 1.165) is 42.5 Å². The van der Waals surface area contributed by atoms with Crippen molar-refractivity contribution in [1.82, 2.24) is 0 Å². The summed E-state index contributed by atoms with van der Waals surface area (Å²) in [6, 6.07) is 3.94. The zero-order valence-electron chi connectivity index (χ0n) is 11.4. The van der Waals surface area contributed by atoms with Crippen LogP contribution in [0.25, 0.3) is 0 Å². The quantitative estimate of drug-likeness (QED) is 0.797. The van der Waals surface area contributed by atoms with E-state index in [1.165, 1.54) is 12.7 Å². The van der Waals surface area contributed by atoms with Crippen LogP contribution in [0.4, 0.5) is 0 Å². The van der Waals surface area contributed by atoms with E-state index in [4.69, 9.17) is 9.47 Å². The minimum atomic E-state index is -0.271. The normalized spacial score (nSPS) is 16.4. The van der Waals surface area contributed by atoms with Crippen LogP contribution in [0, 0.1) is 12.8 Å². The highest BCUT2D eigenvalue weighted by atomic mass is 79.9. The number of carbonyl (C=O) groups is 1. The largest absolute Gasteiger partial charge is 0.465 e. The maximum atomic E-state index is 11.8. The SMILES string of the molecule is COC(=O)c1cc(Br)cc(CC2CCOCC2)c1C. The summed E-state index contributed by atoms with van der Waals surface area (Å²) in [5.74, 6) is 0.374. The first-order valence-corrected chi connectivity index (χ1v) is 7.36. The predicted molar refractivity (Wildman–Crippen MR) is 77.5 cm³/mol. The van der Waals surface area contributed by atoms with Crippen LogP contribution < -0.4 is 0 Å². The summed E-state index contributed by atoms with van der Waals surface area (Å²) in [4.78, 5) is 11.8. The van der Waals surface area contributed by atoms with Gasteiger partial charge in [-0.15, -0.1) is 0 Å². The van der Waals surface area contributed by atoms with Gasteiger partial charge in [0.2, 0.25) is 0 Å². The number of hydrogen-bond donors (Lipinski definition) is 0. The van der Waals surface area contributed by atoms with E-state index in [9.17, 15) is 4.79 Å². The Bertz CT molecular complexity index is 465. The van der Waals surface area contributed by atoms with Gasteiger partial charge < -0.3 is 9.47 Å². The Labute approximate surface area is 122 Å². The molecule has 1 aliphatic rings. The number of hydrogen-bond acceptors (Lipinski definition) is 3. The molecule has 0 bridgehead atoms. The Morgan fingerprint density at radius 1 is 1.42 bits per heavy atom. The number of esters is 1. The smallest absolute Gasteiger partial charge is 0.338 e. The molecule has 4 heteroatoms. The van der Waals surface area contributed by atoms with Crippen molar-refractivity contribution in [3.8, 4) is 0 Å². The van der Waals surface area contributed by atoms with Gasteiger partial charge in [-0.3, -0.25) is 0 Å². The molecule has 3 nitrogen and oxygen atoms in total. The molecule has 1 aliphatic heterocycles. The van der Waals surface area contributed by atoms with Crippen LogP contribution in [0.1, 0.15) is 34.3 Å². The Morgan fingerprint density at radius 2 is 2.11 bits per heavy atom. The highest BCUT2D eigenvalue weighted by molar-refractivity contribution is 9.10. The number of benzene rings is 1. The maximum absolute atomic E-state index is 11.8. The monoisotopic (exact) mass is 326 g/mol. The van der Waals surface area contributed by atoms with Gasteiger partial charge in [-0.25, -0.2) is 4.79 Å². The Hall–Kier alpha value is -0.870. The van der Waals surface area contributed by atoms with Crippen LogP contribution >= 0.6 is 15.9 Å². The first-order chi connectivity index (χ1) is 9.11. The van der Waals surface area contributed by atoms with Crippen LogP contribution in [0.2, 0.25) is 0 Å². The summed E-state index contributed by atoms with van der Waals surface area (Å²) in [6.07, 6.45) is 3.19. The Kier molecular flexibility index (Phi) is 4.99. The molecule has 0 saturated carbocycles. The molecule has 0 amide bonds. The van der Waals surface area contributed by atoms with Gasteiger partial charge in [0, 0.05) is 17.7 Å². The Balaban J connectivity index is 2.24. The number of rotatable bonds is 3. The van der Waals surface area contributed by atoms with E-state index in [1.807, 2.05) is 13.0 Å². The second kappa shape index (κ2) is 6.53. The number of methoxy groups -OCH3 is 1. The lowest BCUT2D eigenvalue weighted by molar-refractivity contribution is 0.0598. The summed E-state index contributed by atoms with van der Waals surface area (Å²) < 4.78 is 11.2. The molecule has 0 atom stereocenters. The van der Waals surface area contributed by atoms with Crippen LogP contribution in [0.15, 0.2) is 16.6 Å². The topological polar surface area (TPSA) is 35.5 Å². The molecule has 0 unspecified atom stereocenters. The molecule has 1 saturated heterocycles. The summed E-state index contributed by atoms with van der Waals surface area (Å²) in [6.45, 7) is 3.69. The van der Waals surface area contributed by atoms with Gasteiger partial charge in [0.1, 0.15) is 0 Å². The zero-order chi connectivity index (χ0) is 13.8. The molecule has 0 N–H and O–H groups in total. The van der Waals surface area contributed by atoms with Crippen LogP contribution in [0.3, 0.4) is 0 Å². The van der Waals surface area contributed by atoms with Crippen molar-refractivity contribution in [2.75, 3.05) is 20.3 Å². The van der Waals surface area contributed by atoms with E-state index in [2.05, 4.69) is 22.0 Å². The fourth-order valence-corrected chi connectivity index (χ4v) is 3.04. The lowest BCUT2D eigenvalue weighted by Crippen LogP contribution is -2.18. The molecule has 1 heterocycles. The first-order valence-electron chi connectivity index (χ1n) is 6.57. The van der Waals surface area contributed by atoms with Gasteiger partial charge in [0.25, 0.3) is 0 Å². The van der Waals surface area contributed by atoms with Crippen molar-refractivity contribution in [3.63, 3.8) is 0 Å². The van der Waals surface area contributed by atoms with Gasteiger partial charge in [0.15, 0.2) is 0 Å². The average Bonchev–Trinajstić information content (AvgIpc) is 2.42. The van der Waals surface area contributed by atoms with Gasteiger partial charge in [-0.2, -0.15) is 0 Å². The number of ether oxygens (including phenoxy) is 2. The number of halogens is 1. The highest BCUT2D eigenvalue weighted by Crippen LogP contribution is 2.27. The second-order valence-corrected chi connectivity index (χ2v) is 5.90. The third-order valence-corrected chi connectivity index (χ3v) is 4.19. The third kappa shape index (κ3) is 3.57. The molecule has 19 heavy (non-hydrogen) atoms. The second-order valence-electron chi connectivity index (χ2n) is 4.99. The molecule has 1 aromatic carbocycles. The molecule has 104 valence electrons. The summed E-state index contributed by atoms with van der Waals surface area (Å²) >= 11 is 3.48. The standard InChI is InChI=1S/C15H19BrO3/c1-10-12(7-11-3-5-19-6-4-11)8-13(16)9-14(10)15(17)18-2/h8-9,11H,3-7H2,1-2H3. The van der Waals surface area contributed by atoms with Gasteiger partial charge >= 0.3 is 5.97 Å². The van der Waals surface area contributed by atoms with Crippen molar-refractivity contribution in [1.29, 1.82) is 0 Å². The van der Waals surface area contributed by atoms with Gasteiger partial charge in [-0.05, 0) is 55.4 Å². The third-order valence-electron chi connectivity index (χ3n) is 3.73. The molecule has 1 aromatic rings. The minimum Gasteiger partial charge on any atom is -0.465 e. The lowest BCUT2D eigenvalue weighted by Gasteiger charge is -2.23. The molecular weight excluding hydrogens is 308 g/mol. The van der Waals surface area contributed by atoms with Crippen LogP contribution in [0.5, 0.6) is 0 Å². The maximum Gasteiger partial charge on any atom is 0.338 e. The zero-order valence-corrected chi connectivity index (χ0v) is 13.0. The van der Waals surface area contributed by atoms with Crippen molar-refractivity contribution in [2.24, 2.45) is 5.92 Å². The van der Waals surface area contributed by atoms with Crippen molar-refractivity contribution in [2.45, 2.75) is 26.2 Å². The Morgan fingerprint density at radius 3 is 2.74 bits per heavy atom. The molecular formula is C15H19BrO3. The fourth-order valence-electron chi connectivity index (χ4n) is 2.53. The average molecular weight is 327 g/mol. The summed E-state index contributed by atoms with van der Waals surface area (Å²) in [5, 5.41) is 0. The predicted octanol–water partition coefficient (Wildman–Crippen LogP) is 3.51. The number of carbonyl (C=O) groups excluding carboxylic acids is 1. The van der Waals surface area contributed by atoms with E-state index < -0.39 is 0 Å². The van der Waals surface area contributed by atoms with Crippen LogP contribution in [-0.2, 0) is 15.9 Å². The summed E-state index contributed by atoms with van der Waals surface area (Å²) in [5.41, 5.74) is 2.90. The molecule has 2 rings (SSSR count). The van der Waals surface area contributed by atoms with Crippen molar-refractivity contribution >= 4 is 21.9 Å². The molecule has 1 fully saturated rings. The van der Waals surface area contributed by atoms with Gasteiger partial charge in [-0.1, -0.05) is 15.9 Å². The molecule has 0 aliphatic carbocycles.